The predicted molar refractivity (Wildman–Crippen MR) is 130 cm³/mol. The Morgan fingerprint density at radius 3 is 2.06 bits per heavy atom. The molecule has 0 aromatic heterocycles. The maximum Gasteiger partial charge on any atom is 0.242 e. The topological polar surface area (TPSA) is 121 Å². The number of carbonyl (C=O) groups is 1. The summed E-state index contributed by atoms with van der Waals surface area (Å²) in [7, 11) is -7.72. The average Bonchev–Trinajstić information content (AvgIpc) is 2.65. The highest BCUT2D eigenvalue weighted by Gasteiger charge is 2.27. The van der Waals surface area contributed by atoms with Gasteiger partial charge in [-0.3, -0.25) is 4.79 Å². The van der Waals surface area contributed by atoms with Crippen molar-refractivity contribution in [1.29, 1.82) is 0 Å². The number of anilines is 1. The number of aryl methyl sites for hydroxylation is 1. The van der Waals surface area contributed by atoms with Crippen LogP contribution in [0.2, 0.25) is 0 Å². The average molecular weight is 496 g/mol. The third kappa shape index (κ3) is 8.22. The van der Waals surface area contributed by atoms with E-state index in [4.69, 9.17) is 0 Å². The van der Waals surface area contributed by atoms with Gasteiger partial charge in [-0.2, -0.15) is 4.72 Å². The smallest absolute Gasteiger partial charge is 0.242 e. The normalized spacial score (nSPS) is 13.7. The first kappa shape index (κ1) is 27.0. The first-order chi connectivity index (χ1) is 15.1. The van der Waals surface area contributed by atoms with Crippen molar-refractivity contribution in [3.05, 3.63) is 54.1 Å². The van der Waals surface area contributed by atoms with E-state index in [9.17, 15) is 21.6 Å². The van der Waals surface area contributed by atoms with E-state index in [1.54, 1.807) is 39.0 Å². The van der Waals surface area contributed by atoms with Gasteiger partial charge in [-0.1, -0.05) is 37.6 Å². The van der Waals surface area contributed by atoms with Gasteiger partial charge < -0.3 is 5.32 Å². The Bertz CT molecular complexity index is 1180. The third-order valence-electron chi connectivity index (χ3n) is 4.50. The largest absolute Gasteiger partial charge is 0.325 e. The molecule has 182 valence electrons. The van der Waals surface area contributed by atoms with Crippen molar-refractivity contribution < 1.29 is 21.6 Å². The fourth-order valence-electron chi connectivity index (χ4n) is 3.09. The molecular weight excluding hydrogens is 462 g/mol. The highest BCUT2D eigenvalue weighted by molar-refractivity contribution is 7.89. The fourth-order valence-corrected chi connectivity index (χ4v) is 5.76. The molecule has 10 heteroatoms. The summed E-state index contributed by atoms with van der Waals surface area (Å²) >= 11 is 0. The van der Waals surface area contributed by atoms with Gasteiger partial charge in [0, 0.05) is 11.2 Å². The number of carbonyl (C=O) groups excluding carboxylic acids is 1. The van der Waals surface area contributed by atoms with E-state index >= 15 is 0 Å². The maximum atomic E-state index is 13.0. The summed E-state index contributed by atoms with van der Waals surface area (Å²) in [5, 5.41) is 2.65. The number of sulfonamides is 2. The lowest BCUT2D eigenvalue weighted by molar-refractivity contribution is -0.118. The van der Waals surface area contributed by atoms with Crippen molar-refractivity contribution in [3.63, 3.8) is 0 Å². The van der Waals surface area contributed by atoms with Gasteiger partial charge in [0.15, 0.2) is 0 Å². The number of hydrogen-bond acceptors (Lipinski definition) is 5. The Balaban J connectivity index is 2.26. The first-order valence-corrected chi connectivity index (χ1v) is 13.6. The van der Waals surface area contributed by atoms with Crippen molar-refractivity contribution in [1.82, 2.24) is 9.44 Å². The number of rotatable bonds is 9. The van der Waals surface area contributed by atoms with Gasteiger partial charge >= 0.3 is 0 Å². The van der Waals surface area contributed by atoms with Gasteiger partial charge in [-0.15, -0.1) is 0 Å². The first-order valence-electron chi connectivity index (χ1n) is 10.6. The Morgan fingerprint density at radius 2 is 1.52 bits per heavy atom. The van der Waals surface area contributed by atoms with E-state index in [0.29, 0.717) is 0 Å². The number of benzene rings is 2. The monoisotopic (exact) mass is 495 g/mol. The molecule has 33 heavy (non-hydrogen) atoms. The van der Waals surface area contributed by atoms with Crippen LogP contribution in [-0.4, -0.2) is 34.3 Å². The van der Waals surface area contributed by atoms with Gasteiger partial charge in [-0.05, 0) is 70.4 Å². The molecule has 0 radical (unpaired) electrons. The zero-order valence-electron chi connectivity index (χ0n) is 19.8. The van der Waals surface area contributed by atoms with Crippen molar-refractivity contribution in [2.45, 2.75) is 69.3 Å². The van der Waals surface area contributed by atoms with Gasteiger partial charge in [0.05, 0.1) is 9.79 Å². The summed E-state index contributed by atoms with van der Waals surface area (Å²) in [6.45, 7) is 10.8. The standard InChI is InChI=1S/C23H33N3O5S2/c1-16(2)14-21(25-32(28,29)19-12-10-17(3)11-13-19)22(27)24-18-8-7-9-20(15-18)33(30,31)26-23(4,5)6/h7-13,15-16,21,25-26H,14H2,1-6H3,(H,24,27). The van der Waals surface area contributed by atoms with Crippen LogP contribution < -0.4 is 14.8 Å². The summed E-state index contributed by atoms with van der Waals surface area (Å²) in [5.74, 6) is -0.540. The minimum absolute atomic E-state index is 0.00382. The molecule has 1 atom stereocenters. The lowest BCUT2D eigenvalue weighted by Crippen LogP contribution is -2.44. The minimum atomic E-state index is -3.93. The SMILES string of the molecule is Cc1ccc(S(=O)(=O)NC(CC(C)C)C(=O)Nc2cccc(S(=O)(=O)NC(C)(C)C)c2)cc1. The molecule has 0 bridgehead atoms. The van der Waals surface area contributed by atoms with Crippen molar-refractivity contribution >= 4 is 31.6 Å². The van der Waals surface area contributed by atoms with Gasteiger partial charge in [0.1, 0.15) is 6.04 Å². The van der Waals surface area contributed by atoms with E-state index in [2.05, 4.69) is 14.8 Å². The minimum Gasteiger partial charge on any atom is -0.325 e. The molecule has 2 rings (SSSR count). The van der Waals surface area contributed by atoms with E-state index in [1.165, 1.54) is 30.3 Å². The van der Waals surface area contributed by atoms with Gasteiger partial charge in [0.2, 0.25) is 26.0 Å². The van der Waals surface area contributed by atoms with E-state index in [-0.39, 0.29) is 27.8 Å². The number of nitrogens with one attached hydrogen (secondary N) is 3. The second-order valence-electron chi connectivity index (χ2n) is 9.49. The molecule has 0 saturated carbocycles. The van der Waals surface area contributed by atoms with E-state index in [1.807, 2.05) is 20.8 Å². The lowest BCUT2D eigenvalue weighted by Gasteiger charge is -2.21. The summed E-state index contributed by atoms with van der Waals surface area (Å²) in [6, 6.07) is 11.1. The summed E-state index contributed by atoms with van der Waals surface area (Å²) < 4.78 is 55.9. The molecule has 2 aromatic rings. The highest BCUT2D eigenvalue weighted by atomic mass is 32.2. The molecule has 0 saturated heterocycles. The molecule has 0 spiro atoms. The zero-order valence-corrected chi connectivity index (χ0v) is 21.5. The zero-order chi connectivity index (χ0) is 25.0. The second kappa shape index (κ2) is 10.3. The molecule has 2 aromatic carbocycles. The summed E-state index contributed by atoms with van der Waals surface area (Å²) in [6.07, 6.45) is 0.264. The molecule has 0 aliphatic rings. The third-order valence-corrected chi connectivity index (χ3v) is 7.75. The number of hydrogen-bond donors (Lipinski definition) is 3. The summed E-state index contributed by atoms with van der Waals surface area (Å²) in [4.78, 5) is 13.1. The molecular formula is C23H33N3O5S2. The predicted octanol–water partition coefficient (Wildman–Crippen LogP) is 3.40. The molecule has 0 aliphatic carbocycles. The molecule has 8 nitrogen and oxygen atoms in total. The quantitative estimate of drug-likeness (QED) is 0.492. The van der Waals surface area contributed by atoms with Crippen molar-refractivity contribution in [2.75, 3.05) is 5.32 Å². The summed E-state index contributed by atoms with van der Waals surface area (Å²) in [5.41, 5.74) is 0.496. The molecule has 0 heterocycles. The molecule has 1 amide bonds. The second-order valence-corrected chi connectivity index (χ2v) is 12.9. The lowest BCUT2D eigenvalue weighted by atomic mass is 10.0. The molecule has 3 N–H and O–H groups in total. The number of amides is 1. The van der Waals surface area contributed by atoms with Crippen LogP contribution in [0.3, 0.4) is 0 Å². The Hall–Kier alpha value is -2.27. The maximum absolute atomic E-state index is 13.0. The van der Waals surface area contributed by atoms with Crippen LogP contribution in [0, 0.1) is 12.8 Å². The van der Waals surface area contributed by atoms with Crippen molar-refractivity contribution in [3.8, 4) is 0 Å². The van der Waals surface area contributed by atoms with Crippen molar-refractivity contribution in [2.24, 2.45) is 5.92 Å². The van der Waals surface area contributed by atoms with Crippen LogP contribution in [0.15, 0.2) is 58.3 Å². The van der Waals surface area contributed by atoms with Gasteiger partial charge in [0.25, 0.3) is 0 Å². The van der Waals surface area contributed by atoms with Crippen LogP contribution in [-0.2, 0) is 24.8 Å². The van der Waals surface area contributed by atoms with Crippen LogP contribution in [0.4, 0.5) is 5.69 Å². The fraction of sp³-hybridized carbons (Fsp3) is 0.435. The molecule has 1 unspecified atom stereocenters. The van der Waals surface area contributed by atoms with Crippen LogP contribution in [0.25, 0.3) is 0 Å². The molecule has 0 aliphatic heterocycles. The van der Waals surface area contributed by atoms with Crippen LogP contribution in [0.5, 0.6) is 0 Å². The van der Waals surface area contributed by atoms with Gasteiger partial charge in [-0.25, -0.2) is 21.6 Å². The Kier molecular flexibility index (Phi) is 8.45. The van der Waals surface area contributed by atoms with E-state index in [0.717, 1.165) is 5.56 Å². The Morgan fingerprint density at radius 1 is 0.909 bits per heavy atom. The van der Waals surface area contributed by atoms with E-state index < -0.39 is 37.5 Å². The Labute approximate surface area is 197 Å². The van der Waals surface area contributed by atoms with Crippen LogP contribution in [0.1, 0.15) is 46.6 Å². The van der Waals surface area contributed by atoms with Crippen LogP contribution >= 0.6 is 0 Å². The highest BCUT2D eigenvalue weighted by Crippen LogP contribution is 2.19. The molecule has 0 fully saturated rings.